The molecule has 37 heavy (non-hydrogen) atoms. The lowest BCUT2D eigenvalue weighted by molar-refractivity contribution is -0.229. The summed E-state index contributed by atoms with van der Waals surface area (Å²) in [6.07, 6.45) is 0.643. The highest BCUT2D eigenvalue weighted by Crippen LogP contribution is 2.55. The topological polar surface area (TPSA) is 124 Å². The van der Waals surface area contributed by atoms with E-state index in [0.29, 0.717) is 39.8 Å². The minimum Gasteiger partial charge on any atom is -0.493 e. The van der Waals surface area contributed by atoms with Crippen molar-refractivity contribution in [2.45, 2.75) is 38.1 Å². The highest BCUT2D eigenvalue weighted by molar-refractivity contribution is 6.26. The van der Waals surface area contributed by atoms with Gasteiger partial charge in [0.25, 0.3) is 0 Å². The maximum atomic E-state index is 13.9. The Kier molecular flexibility index (Phi) is 5.95. The number of hydrogen-bond donors (Lipinski definition) is 1. The number of ether oxygens (including phenoxy) is 2. The molecule has 2 fully saturated rings. The molecule has 8 heteroatoms. The largest absolute Gasteiger partial charge is 0.493 e. The van der Waals surface area contributed by atoms with Crippen molar-refractivity contribution in [2.24, 2.45) is 11.8 Å². The normalized spacial score (nSPS) is 26.7. The Labute approximate surface area is 214 Å². The molecule has 2 amide bonds. The predicted molar refractivity (Wildman–Crippen MR) is 134 cm³/mol. The SMILES string of the molecule is CCC1(CCOc2ccc(C#N)cc2)OC(C)(O)[C@H]2C(=O)N(c3ccc(C#N)c4ccccc34)C(=O)[C@H]21. The molecule has 0 spiro atoms. The smallest absolute Gasteiger partial charge is 0.243 e. The summed E-state index contributed by atoms with van der Waals surface area (Å²) in [7, 11) is 0. The first kappa shape index (κ1) is 24.5. The molecule has 2 heterocycles. The van der Waals surface area contributed by atoms with E-state index in [-0.39, 0.29) is 13.0 Å². The van der Waals surface area contributed by atoms with Crippen LogP contribution in [-0.4, -0.2) is 34.9 Å². The van der Waals surface area contributed by atoms with Crippen LogP contribution >= 0.6 is 0 Å². The maximum absolute atomic E-state index is 13.9. The molecule has 0 aliphatic carbocycles. The summed E-state index contributed by atoms with van der Waals surface area (Å²) in [6, 6.07) is 21.2. The summed E-state index contributed by atoms with van der Waals surface area (Å²) in [6.45, 7) is 3.47. The summed E-state index contributed by atoms with van der Waals surface area (Å²) >= 11 is 0. The molecule has 2 saturated heterocycles. The first-order valence-electron chi connectivity index (χ1n) is 12.1. The maximum Gasteiger partial charge on any atom is 0.243 e. The highest BCUT2D eigenvalue weighted by Gasteiger charge is 2.70. The van der Waals surface area contributed by atoms with Crippen LogP contribution in [0.25, 0.3) is 10.8 Å². The lowest BCUT2D eigenvalue weighted by Gasteiger charge is -2.34. The number of amides is 2. The summed E-state index contributed by atoms with van der Waals surface area (Å²) in [4.78, 5) is 28.8. The second-order valence-corrected chi connectivity index (χ2v) is 9.57. The Morgan fingerprint density at radius 1 is 0.973 bits per heavy atom. The highest BCUT2D eigenvalue weighted by atomic mass is 16.6. The molecule has 2 aliphatic rings. The predicted octanol–water partition coefficient (Wildman–Crippen LogP) is 4.05. The second kappa shape index (κ2) is 9.01. The molecule has 0 bridgehead atoms. The van der Waals surface area contributed by atoms with Crippen molar-refractivity contribution >= 4 is 28.3 Å². The third kappa shape index (κ3) is 3.82. The molecule has 8 nitrogen and oxygen atoms in total. The molecule has 2 aliphatic heterocycles. The van der Waals surface area contributed by atoms with E-state index in [4.69, 9.17) is 14.7 Å². The van der Waals surface area contributed by atoms with Crippen LogP contribution in [0.4, 0.5) is 5.69 Å². The van der Waals surface area contributed by atoms with E-state index in [1.807, 2.05) is 6.92 Å². The van der Waals surface area contributed by atoms with Crippen LogP contribution in [0.3, 0.4) is 0 Å². The van der Waals surface area contributed by atoms with E-state index in [1.165, 1.54) is 6.92 Å². The van der Waals surface area contributed by atoms with Crippen LogP contribution in [0.15, 0.2) is 60.7 Å². The van der Waals surface area contributed by atoms with Crippen molar-refractivity contribution in [2.75, 3.05) is 11.5 Å². The van der Waals surface area contributed by atoms with E-state index in [1.54, 1.807) is 60.7 Å². The van der Waals surface area contributed by atoms with Gasteiger partial charge in [0.2, 0.25) is 11.8 Å². The van der Waals surface area contributed by atoms with Gasteiger partial charge in [-0.15, -0.1) is 0 Å². The molecule has 0 aromatic heterocycles. The first-order chi connectivity index (χ1) is 17.8. The third-order valence-corrected chi connectivity index (χ3v) is 7.50. The van der Waals surface area contributed by atoms with Gasteiger partial charge in [0.05, 0.1) is 47.1 Å². The molecule has 0 radical (unpaired) electrons. The van der Waals surface area contributed by atoms with E-state index in [2.05, 4.69) is 12.1 Å². The molecule has 3 aromatic rings. The van der Waals surface area contributed by atoms with E-state index >= 15 is 0 Å². The monoisotopic (exact) mass is 495 g/mol. The number of benzene rings is 3. The van der Waals surface area contributed by atoms with Gasteiger partial charge in [0.15, 0.2) is 5.79 Å². The van der Waals surface area contributed by atoms with Crippen LogP contribution in [0.2, 0.25) is 0 Å². The molecule has 186 valence electrons. The lowest BCUT2D eigenvalue weighted by Crippen LogP contribution is -2.45. The van der Waals surface area contributed by atoms with Gasteiger partial charge in [-0.2, -0.15) is 10.5 Å². The number of aliphatic hydroxyl groups is 1. The number of carbonyl (C=O) groups is 2. The van der Waals surface area contributed by atoms with E-state index < -0.39 is 35.0 Å². The zero-order valence-corrected chi connectivity index (χ0v) is 20.5. The summed E-state index contributed by atoms with van der Waals surface area (Å²) < 4.78 is 12.0. The van der Waals surface area contributed by atoms with Crippen LogP contribution < -0.4 is 9.64 Å². The zero-order chi connectivity index (χ0) is 26.4. The van der Waals surface area contributed by atoms with Crippen molar-refractivity contribution in [3.63, 3.8) is 0 Å². The van der Waals surface area contributed by atoms with Gasteiger partial charge in [-0.3, -0.25) is 9.59 Å². The Morgan fingerprint density at radius 3 is 2.30 bits per heavy atom. The number of hydrogen-bond acceptors (Lipinski definition) is 7. The van der Waals surface area contributed by atoms with Crippen molar-refractivity contribution < 1.29 is 24.2 Å². The lowest BCUT2D eigenvalue weighted by atomic mass is 9.77. The van der Waals surface area contributed by atoms with Gasteiger partial charge in [0, 0.05) is 17.2 Å². The number of nitriles is 2. The Balaban J connectivity index is 1.48. The van der Waals surface area contributed by atoms with Crippen molar-refractivity contribution in [1.82, 2.24) is 0 Å². The fourth-order valence-corrected chi connectivity index (χ4v) is 5.73. The molecule has 3 aromatic carbocycles. The minimum atomic E-state index is -1.85. The molecular weight excluding hydrogens is 470 g/mol. The fourth-order valence-electron chi connectivity index (χ4n) is 5.73. The average Bonchev–Trinajstić information content (AvgIpc) is 3.32. The van der Waals surface area contributed by atoms with Crippen molar-refractivity contribution in [3.8, 4) is 17.9 Å². The van der Waals surface area contributed by atoms with Gasteiger partial charge in [-0.1, -0.05) is 31.2 Å². The zero-order valence-electron chi connectivity index (χ0n) is 20.5. The quantitative estimate of drug-likeness (QED) is 0.512. The van der Waals surface area contributed by atoms with Crippen molar-refractivity contribution in [3.05, 3.63) is 71.8 Å². The molecule has 5 rings (SSSR count). The summed E-state index contributed by atoms with van der Waals surface area (Å²) in [5, 5.41) is 31.0. The molecule has 2 unspecified atom stereocenters. The van der Waals surface area contributed by atoms with Gasteiger partial charge in [0.1, 0.15) is 11.7 Å². The second-order valence-electron chi connectivity index (χ2n) is 9.57. The summed E-state index contributed by atoms with van der Waals surface area (Å²) in [5.41, 5.74) is 0.219. The van der Waals surface area contributed by atoms with Gasteiger partial charge in [-0.25, -0.2) is 4.90 Å². The Hall–Kier alpha value is -4.24. The van der Waals surface area contributed by atoms with Gasteiger partial charge in [-0.05, 0) is 49.7 Å². The number of fused-ring (bicyclic) bond motifs is 2. The fraction of sp³-hybridized carbons (Fsp3) is 0.310. The first-order valence-corrected chi connectivity index (χ1v) is 12.1. The number of anilines is 1. The number of rotatable bonds is 6. The van der Waals surface area contributed by atoms with Gasteiger partial charge >= 0.3 is 0 Å². The molecular formula is C29H25N3O5. The van der Waals surface area contributed by atoms with Crippen LogP contribution in [0, 0.1) is 34.5 Å². The average molecular weight is 496 g/mol. The van der Waals surface area contributed by atoms with Crippen molar-refractivity contribution in [1.29, 1.82) is 10.5 Å². The van der Waals surface area contributed by atoms with E-state index in [0.717, 1.165) is 4.90 Å². The van der Waals surface area contributed by atoms with Crippen LogP contribution in [-0.2, 0) is 14.3 Å². The van der Waals surface area contributed by atoms with Crippen LogP contribution in [0.5, 0.6) is 5.75 Å². The Bertz CT molecular complexity index is 1480. The summed E-state index contributed by atoms with van der Waals surface area (Å²) in [5.74, 6) is -4.24. The number of imide groups is 1. The molecule has 1 N–H and O–H groups in total. The van der Waals surface area contributed by atoms with Gasteiger partial charge < -0.3 is 14.6 Å². The minimum absolute atomic E-state index is 0.181. The third-order valence-electron chi connectivity index (χ3n) is 7.50. The standard InChI is InChI=1S/C29H25N3O5/c1-3-29(14-15-36-20-11-8-18(16-30)9-12-20)25-24(28(2,35)37-29)26(33)32(27(25)34)23-13-10-19(17-31)21-6-4-5-7-22(21)23/h4-13,24-25,35H,3,14-15H2,1-2H3/t24-,25+,28?,29?/m1/s1. The number of nitrogens with zero attached hydrogens (tertiary/aromatic N) is 3. The molecule has 0 saturated carbocycles. The number of carbonyl (C=O) groups excluding carboxylic acids is 2. The van der Waals surface area contributed by atoms with Crippen LogP contribution in [0.1, 0.15) is 37.8 Å². The molecule has 4 atom stereocenters. The Morgan fingerprint density at radius 2 is 1.65 bits per heavy atom. The van der Waals surface area contributed by atoms with E-state index in [9.17, 15) is 20.0 Å².